The number of aliphatic carboxylic acids is 1. The first-order valence-electron chi connectivity index (χ1n) is 13.5. The molecule has 0 radical (unpaired) electrons. The van der Waals surface area contributed by atoms with E-state index < -0.39 is 47.9 Å². The third kappa shape index (κ3) is 12.3. The number of carbonyl (C=O) groups excluding carboxylic acids is 3. The number of rotatable bonds is 17. The Bertz CT molecular complexity index is 1010. The van der Waals surface area contributed by atoms with E-state index in [0.29, 0.717) is 18.4 Å². The Balaban J connectivity index is 3.11. The van der Waals surface area contributed by atoms with E-state index in [0.717, 1.165) is 0 Å². The van der Waals surface area contributed by atoms with Crippen molar-refractivity contribution in [3.63, 3.8) is 0 Å². The second-order valence-corrected chi connectivity index (χ2v) is 10.4. The van der Waals surface area contributed by atoms with Crippen LogP contribution in [0.2, 0.25) is 0 Å². The van der Waals surface area contributed by atoms with Crippen LogP contribution in [-0.2, 0) is 25.6 Å². The summed E-state index contributed by atoms with van der Waals surface area (Å²) in [6.07, 6.45) is 1.35. The first kappa shape index (κ1) is 34.2. The number of nitrogens with zero attached hydrogens (tertiary/aromatic N) is 1. The average molecular weight is 564 g/mol. The van der Waals surface area contributed by atoms with Crippen molar-refractivity contribution in [1.82, 2.24) is 16.0 Å². The molecule has 0 aromatic heterocycles. The number of carbonyl (C=O) groups is 4. The molecule has 0 fully saturated rings. The molecule has 3 amide bonds. The van der Waals surface area contributed by atoms with Gasteiger partial charge in [0.25, 0.3) is 0 Å². The van der Waals surface area contributed by atoms with Crippen molar-refractivity contribution in [2.24, 2.45) is 34.0 Å². The first-order valence-corrected chi connectivity index (χ1v) is 13.5. The molecule has 0 bridgehead atoms. The van der Waals surface area contributed by atoms with Gasteiger partial charge in [-0.05, 0) is 48.8 Å². The van der Waals surface area contributed by atoms with Gasteiger partial charge in [-0.3, -0.25) is 19.4 Å². The monoisotopic (exact) mass is 563 g/mol. The molecule has 0 aliphatic heterocycles. The van der Waals surface area contributed by atoms with Crippen molar-refractivity contribution in [3.8, 4) is 5.75 Å². The molecule has 5 unspecified atom stereocenters. The van der Waals surface area contributed by atoms with Crippen LogP contribution in [-0.4, -0.2) is 70.6 Å². The van der Waals surface area contributed by atoms with Crippen LogP contribution < -0.4 is 33.2 Å². The Morgan fingerprint density at radius 1 is 0.900 bits per heavy atom. The fraction of sp³-hybridized carbons (Fsp3) is 0.593. The summed E-state index contributed by atoms with van der Waals surface area (Å²) in [5, 5.41) is 27.1. The van der Waals surface area contributed by atoms with Gasteiger partial charge in [0, 0.05) is 13.0 Å². The highest BCUT2D eigenvalue weighted by Crippen LogP contribution is 2.13. The van der Waals surface area contributed by atoms with E-state index >= 15 is 0 Å². The molecule has 40 heavy (non-hydrogen) atoms. The van der Waals surface area contributed by atoms with Crippen molar-refractivity contribution >= 4 is 29.7 Å². The lowest BCUT2D eigenvalue weighted by Crippen LogP contribution is -2.58. The van der Waals surface area contributed by atoms with Gasteiger partial charge in [-0.15, -0.1) is 0 Å². The molecule has 1 aromatic carbocycles. The molecule has 0 saturated carbocycles. The SMILES string of the molecule is CCC(C)C(N)C(=O)NC(Cc1ccc(O)cc1)C(=O)NC(CC(C)C)C(=O)NC(CCCN=C(N)N)C(=O)O. The van der Waals surface area contributed by atoms with Gasteiger partial charge >= 0.3 is 5.97 Å². The number of phenolic OH excluding ortho intramolecular Hbond substituents is 1. The number of nitrogens with one attached hydrogen (secondary N) is 3. The zero-order chi connectivity index (χ0) is 30.4. The topological polar surface area (TPSA) is 235 Å². The molecule has 0 spiro atoms. The molecule has 1 rings (SSSR count). The molecule has 13 nitrogen and oxygen atoms in total. The van der Waals surface area contributed by atoms with Crippen molar-refractivity contribution in [3.05, 3.63) is 29.8 Å². The highest BCUT2D eigenvalue weighted by molar-refractivity contribution is 5.94. The smallest absolute Gasteiger partial charge is 0.326 e. The Labute approximate surface area is 235 Å². The zero-order valence-electron chi connectivity index (χ0n) is 23.7. The maximum atomic E-state index is 13.5. The summed E-state index contributed by atoms with van der Waals surface area (Å²) in [6.45, 7) is 7.65. The third-order valence-electron chi connectivity index (χ3n) is 6.47. The van der Waals surface area contributed by atoms with E-state index in [4.69, 9.17) is 17.2 Å². The highest BCUT2D eigenvalue weighted by Gasteiger charge is 2.31. The second-order valence-electron chi connectivity index (χ2n) is 10.4. The highest BCUT2D eigenvalue weighted by atomic mass is 16.4. The first-order chi connectivity index (χ1) is 18.7. The van der Waals surface area contributed by atoms with Crippen LogP contribution in [0.3, 0.4) is 0 Å². The van der Waals surface area contributed by atoms with Crippen molar-refractivity contribution in [2.45, 2.75) is 84.0 Å². The summed E-state index contributed by atoms with van der Waals surface area (Å²) < 4.78 is 0. The van der Waals surface area contributed by atoms with Crippen LogP contribution in [0, 0.1) is 11.8 Å². The summed E-state index contributed by atoms with van der Waals surface area (Å²) in [5.74, 6) is -3.25. The Morgan fingerprint density at radius 3 is 1.98 bits per heavy atom. The number of nitrogens with two attached hydrogens (primary N) is 3. The molecular formula is C27H45N7O6. The normalized spacial score (nSPS) is 14.8. The largest absolute Gasteiger partial charge is 0.508 e. The van der Waals surface area contributed by atoms with Gasteiger partial charge in [-0.1, -0.05) is 46.2 Å². The summed E-state index contributed by atoms with van der Waals surface area (Å²) in [5.41, 5.74) is 17.3. The Hall–Kier alpha value is -3.87. The molecule has 0 saturated heterocycles. The standard InChI is InChI=1S/C27H45N7O6/c1-5-16(4)22(28)25(38)34-21(14-17-8-10-18(35)11-9-17)24(37)33-20(13-15(2)3)23(36)32-19(26(39)40)7-6-12-31-27(29)30/h8-11,15-16,19-22,35H,5-7,12-14,28H2,1-4H3,(H,32,36)(H,33,37)(H,34,38)(H,39,40)(H4,29,30,31). The average Bonchev–Trinajstić information content (AvgIpc) is 2.88. The summed E-state index contributed by atoms with van der Waals surface area (Å²) in [4.78, 5) is 55.0. The number of hydrogen-bond donors (Lipinski definition) is 8. The fourth-order valence-electron chi connectivity index (χ4n) is 3.87. The van der Waals surface area contributed by atoms with Gasteiger partial charge in [-0.2, -0.15) is 0 Å². The number of carboxylic acids is 1. The molecule has 0 heterocycles. The van der Waals surface area contributed by atoms with Gasteiger partial charge in [0.15, 0.2) is 5.96 Å². The van der Waals surface area contributed by atoms with Crippen LogP contribution in [0.15, 0.2) is 29.3 Å². The van der Waals surface area contributed by atoms with Crippen molar-refractivity contribution < 1.29 is 29.4 Å². The van der Waals surface area contributed by atoms with Crippen LogP contribution in [0.1, 0.15) is 58.9 Å². The van der Waals surface area contributed by atoms with Crippen LogP contribution in [0.5, 0.6) is 5.75 Å². The number of guanidine groups is 1. The predicted molar refractivity (Wildman–Crippen MR) is 152 cm³/mol. The third-order valence-corrected chi connectivity index (χ3v) is 6.47. The zero-order valence-corrected chi connectivity index (χ0v) is 23.7. The summed E-state index contributed by atoms with van der Waals surface area (Å²) in [6, 6.07) is 1.97. The minimum Gasteiger partial charge on any atom is -0.508 e. The molecule has 13 heteroatoms. The molecule has 0 aliphatic carbocycles. The van der Waals surface area contributed by atoms with Crippen molar-refractivity contribution in [2.75, 3.05) is 6.54 Å². The molecular weight excluding hydrogens is 518 g/mol. The molecule has 0 aliphatic rings. The van der Waals surface area contributed by atoms with Crippen LogP contribution >= 0.6 is 0 Å². The van der Waals surface area contributed by atoms with Gasteiger partial charge in [0.05, 0.1) is 6.04 Å². The molecule has 11 N–H and O–H groups in total. The van der Waals surface area contributed by atoms with Gasteiger partial charge < -0.3 is 43.4 Å². The maximum Gasteiger partial charge on any atom is 0.326 e. The minimum atomic E-state index is -1.23. The van der Waals surface area contributed by atoms with Crippen molar-refractivity contribution in [1.29, 1.82) is 0 Å². The minimum absolute atomic E-state index is 0.0230. The quantitative estimate of drug-likeness (QED) is 0.0719. The van der Waals surface area contributed by atoms with Crippen LogP contribution in [0.4, 0.5) is 0 Å². The lowest BCUT2D eigenvalue weighted by atomic mass is 9.97. The summed E-state index contributed by atoms with van der Waals surface area (Å²) >= 11 is 0. The predicted octanol–water partition coefficient (Wildman–Crippen LogP) is -0.0532. The number of carboxylic acid groups (broad SMARTS) is 1. The lowest BCUT2D eigenvalue weighted by Gasteiger charge is -2.27. The number of hydrogen-bond acceptors (Lipinski definition) is 7. The number of benzene rings is 1. The second kappa shape index (κ2) is 17.0. The van der Waals surface area contributed by atoms with Gasteiger partial charge in [0.2, 0.25) is 17.7 Å². The molecule has 1 aromatic rings. The van der Waals surface area contributed by atoms with E-state index in [1.807, 2.05) is 27.7 Å². The lowest BCUT2D eigenvalue weighted by molar-refractivity contribution is -0.142. The molecule has 5 atom stereocenters. The fourth-order valence-corrected chi connectivity index (χ4v) is 3.87. The number of phenols is 1. The van der Waals surface area contributed by atoms with E-state index in [-0.39, 0.29) is 49.4 Å². The number of aromatic hydroxyl groups is 1. The van der Waals surface area contributed by atoms with E-state index in [1.165, 1.54) is 12.1 Å². The van der Waals surface area contributed by atoms with Gasteiger partial charge in [0.1, 0.15) is 23.9 Å². The van der Waals surface area contributed by atoms with E-state index in [2.05, 4.69) is 20.9 Å². The van der Waals surface area contributed by atoms with E-state index in [1.54, 1.807) is 12.1 Å². The Morgan fingerprint density at radius 2 is 1.45 bits per heavy atom. The molecule has 224 valence electrons. The van der Waals surface area contributed by atoms with Gasteiger partial charge in [-0.25, -0.2) is 4.79 Å². The van der Waals surface area contributed by atoms with Crippen LogP contribution in [0.25, 0.3) is 0 Å². The maximum absolute atomic E-state index is 13.5. The summed E-state index contributed by atoms with van der Waals surface area (Å²) in [7, 11) is 0. The number of aliphatic imine (C=N–C) groups is 1. The Kier molecular flexibility index (Phi) is 14.5. The van der Waals surface area contributed by atoms with E-state index in [9.17, 15) is 29.4 Å². The number of amides is 3.